The van der Waals surface area contributed by atoms with Crippen molar-refractivity contribution in [1.29, 1.82) is 0 Å². The number of hydrogen-bond donors (Lipinski definition) is 0. The summed E-state index contributed by atoms with van der Waals surface area (Å²) in [6, 6.07) is 31.0. The molecule has 0 aliphatic heterocycles. The first kappa shape index (κ1) is 16.1. The Morgan fingerprint density at radius 2 is 1.52 bits per heavy atom. The topological polar surface area (TPSA) is 0 Å². The molecular formula is C27H22. The van der Waals surface area contributed by atoms with Crippen molar-refractivity contribution in [3.8, 4) is 11.1 Å². The maximum absolute atomic E-state index is 2.30. The van der Waals surface area contributed by atoms with E-state index in [4.69, 9.17) is 0 Å². The standard InChI is InChI=1S/C27H22/c1-3-12-25-21(7-1)9-5-11-24(25)19-20-15-17-23(18-16-20)27-14-6-10-22-8-2-4-13-26(22)27/h2-6,8-18H,1,7,19H2. The Morgan fingerprint density at radius 1 is 0.704 bits per heavy atom. The average Bonchev–Trinajstić information content (AvgIpc) is 2.74. The number of fused-ring (bicyclic) bond motifs is 2. The number of allylic oxidation sites excluding steroid dienone is 1. The van der Waals surface area contributed by atoms with Gasteiger partial charge in [0.2, 0.25) is 0 Å². The second-order valence-electron chi connectivity index (χ2n) is 7.33. The van der Waals surface area contributed by atoms with Crippen LogP contribution in [0.25, 0.3) is 28.0 Å². The second kappa shape index (κ2) is 6.89. The van der Waals surface area contributed by atoms with Gasteiger partial charge in [0.15, 0.2) is 0 Å². The third kappa shape index (κ3) is 3.08. The molecule has 0 nitrogen and oxygen atoms in total. The van der Waals surface area contributed by atoms with Crippen molar-refractivity contribution < 1.29 is 0 Å². The van der Waals surface area contributed by atoms with Crippen LogP contribution in [0.1, 0.15) is 28.7 Å². The van der Waals surface area contributed by atoms with Crippen LogP contribution in [0.3, 0.4) is 0 Å². The van der Waals surface area contributed by atoms with Gasteiger partial charge < -0.3 is 0 Å². The van der Waals surface area contributed by atoms with Crippen LogP contribution in [0.4, 0.5) is 0 Å². The Kier molecular flexibility index (Phi) is 4.10. The molecule has 27 heavy (non-hydrogen) atoms. The van der Waals surface area contributed by atoms with Gasteiger partial charge in [0.05, 0.1) is 0 Å². The van der Waals surface area contributed by atoms with Crippen molar-refractivity contribution in [1.82, 2.24) is 0 Å². The number of hydrogen-bond acceptors (Lipinski definition) is 0. The molecule has 0 fully saturated rings. The van der Waals surface area contributed by atoms with Crippen LogP contribution in [0.2, 0.25) is 0 Å². The zero-order valence-corrected chi connectivity index (χ0v) is 15.4. The summed E-state index contributed by atoms with van der Waals surface area (Å²) in [6.07, 6.45) is 7.92. The summed E-state index contributed by atoms with van der Waals surface area (Å²) in [6.45, 7) is 0. The lowest BCUT2D eigenvalue weighted by molar-refractivity contribution is 0.975. The van der Waals surface area contributed by atoms with Crippen LogP contribution in [-0.4, -0.2) is 0 Å². The first-order chi connectivity index (χ1) is 13.4. The van der Waals surface area contributed by atoms with Crippen LogP contribution in [-0.2, 0) is 12.8 Å². The van der Waals surface area contributed by atoms with E-state index in [1.54, 1.807) is 0 Å². The third-order valence-electron chi connectivity index (χ3n) is 5.60. The van der Waals surface area contributed by atoms with E-state index in [0.717, 1.165) is 12.8 Å². The minimum atomic E-state index is 0.989. The third-order valence-corrected chi connectivity index (χ3v) is 5.60. The van der Waals surface area contributed by atoms with Gasteiger partial charge in [-0.25, -0.2) is 0 Å². The lowest BCUT2D eigenvalue weighted by atomic mass is 9.90. The molecule has 5 rings (SSSR count). The lowest BCUT2D eigenvalue weighted by Crippen LogP contribution is -2.00. The summed E-state index contributed by atoms with van der Waals surface area (Å²) in [7, 11) is 0. The molecule has 0 amide bonds. The molecular weight excluding hydrogens is 324 g/mol. The van der Waals surface area contributed by atoms with Crippen molar-refractivity contribution in [2.75, 3.05) is 0 Å². The molecule has 0 bridgehead atoms. The van der Waals surface area contributed by atoms with E-state index in [0.29, 0.717) is 0 Å². The quantitative estimate of drug-likeness (QED) is 0.372. The highest BCUT2D eigenvalue weighted by Crippen LogP contribution is 2.30. The molecule has 0 heterocycles. The SMILES string of the molecule is C1=Cc2c(cccc2Cc2ccc(-c3cccc4ccccc34)cc2)CC1. The normalized spacial score (nSPS) is 12.9. The summed E-state index contributed by atoms with van der Waals surface area (Å²) in [5.41, 5.74) is 8.31. The zero-order chi connectivity index (χ0) is 18.1. The molecule has 0 radical (unpaired) electrons. The van der Waals surface area contributed by atoms with Gasteiger partial charge in [-0.2, -0.15) is 0 Å². The van der Waals surface area contributed by atoms with Gasteiger partial charge in [0.1, 0.15) is 0 Å². The Bertz CT molecular complexity index is 1130. The predicted octanol–water partition coefficient (Wildman–Crippen LogP) is 7.06. The fourth-order valence-electron chi connectivity index (χ4n) is 4.19. The van der Waals surface area contributed by atoms with Crippen molar-refractivity contribution in [3.05, 3.63) is 113 Å². The maximum Gasteiger partial charge on any atom is -0.00197 e. The molecule has 0 saturated heterocycles. The van der Waals surface area contributed by atoms with E-state index in [1.807, 2.05) is 0 Å². The van der Waals surface area contributed by atoms with Crippen LogP contribution < -0.4 is 0 Å². The van der Waals surface area contributed by atoms with E-state index >= 15 is 0 Å². The van der Waals surface area contributed by atoms with Gasteiger partial charge in [-0.15, -0.1) is 0 Å². The molecule has 0 unspecified atom stereocenters. The van der Waals surface area contributed by atoms with Crippen LogP contribution in [0.15, 0.2) is 91.0 Å². The molecule has 0 heteroatoms. The molecule has 1 aliphatic rings. The van der Waals surface area contributed by atoms with Crippen molar-refractivity contribution in [2.45, 2.75) is 19.3 Å². The molecule has 0 atom stereocenters. The molecule has 0 saturated carbocycles. The minimum Gasteiger partial charge on any atom is -0.0836 e. The minimum absolute atomic E-state index is 0.989. The molecule has 1 aliphatic carbocycles. The van der Waals surface area contributed by atoms with E-state index in [-0.39, 0.29) is 0 Å². The van der Waals surface area contributed by atoms with Gasteiger partial charge in [-0.3, -0.25) is 0 Å². The van der Waals surface area contributed by atoms with Gasteiger partial charge in [0, 0.05) is 0 Å². The van der Waals surface area contributed by atoms with Crippen molar-refractivity contribution in [3.63, 3.8) is 0 Å². The predicted molar refractivity (Wildman–Crippen MR) is 116 cm³/mol. The highest BCUT2D eigenvalue weighted by atomic mass is 14.1. The molecule has 130 valence electrons. The fraction of sp³-hybridized carbons (Fsp3) is 0.111. The summed E-state index contributed by atoms with van der Waals surface area (Å²) < 4.78 is 0. The molecule has 4 aromatic carbocycles. The Hall–Kier alpha value is -3.12. The average molecular weight is 346 g/mol. The van der Waals surface area contributed by atoms with E-state index in [9.17, 15) is 0 Å². The summed E-state index contributed by atoms with van der Waals surface area (Å²) in [5, 5.41) is 2.61. The van der Waals surface area contributed by atoms with Gasteiger partial charge in [0.25, 0.3) is 0 Å². The van der Waals surface area contributed by atoms with Crippen LogP contribution in [0.5, 0.6) is 0 Å². The summed E-state index contributed by atoms with van der Waals surface area (Å²) >= 11 is 0. The highest BCUT2D eigenvalue weighted by Gasteiger charge is 2.10. The number of benzene rings is 4. The smallest absolute Gasteiger partial charge is 0.00197 e. The number of rotatable bonds is 3. The molecule has 0 spiro atoms. The Labute approximate surface area is 160 Å². The van der Waals surface area contributed by atoms with Gasteiger partial charge in [-0.1, -0.05) is 97.1 Å². The summed E-state index contributed by atoms with van der Waals surface area (Å²) in [4.78, 5) is 0. The maximum atomic E-state index is 2.30. The highest BCUT2D eigenvalue weighted by molar-refractivity contribution is 5.96. The van der Waals surface area contributed by atoms with Gasteiger partial charge in [-0.05, 0) is 63.4 Å². The van der Waals surface area contributed by atoms with Crippen LogP contribution >= 0.6 is 0 Å². The van der Waals surface area contributed by atoms with E-state index in [1.165, 1.54) is 50.6 Å². The van der Waals surface area contributed by atoms with E-state index < -0.39 is 0 Å². The zero-order valence-electron chi connectivity index (χ0n) is 15.4. The monoisotopic (exact) mass is 346 g/mol. The lowest BCUT2D eigenvalue weighted by Gasteiger charge is -2.15. The van der Waals surface area contributed by atoms with Gasteiger partial charge >= 0.3 is 0 Å². The van der Waals surface area contributed by atoms with E-state index in [2.05, 4.69) is 97.1 Å². The first-order valence-corrected chi connectivity index (χ1v) is 9.73. The van der Waals surface area contributed by atoms with Crippen molar-refractivity contribution in [2.24, 2.45) is 0 Å². The molecule has 4 aromatic rings. The molecule has 0 N–H and O–H groups in total. The summed E-state index contributed by atoms with van der Waals surface area (Å²) in [5.74, 6) is 0. The first-order valence-electron chi connectivity index (χ1n) is 9.73. The Morgan fingerprint density at radius 3 is 2.44 bits per heavy atom. The number of aryl methyl sites for hydroxylation is 1. The fourth-order valence-corrected chi connectivity index (χ4v) is 4.19. The Balaban J connectivity index is 1.47. The second-order valence-corrected chi connectivity index (χ2v) is 7.33. The molecule has 0 aromatic heterocycles. The van der Waals surface area contributed by atoms with Crippen molar-refractivity contribution >= 4 is 16.8 Å². The largest absolute Gasteiger partial charge is 0.0836 e. The van der Waals surface area contributed by atoms with Crippen LogP contribution in [0, 0.1) is 0 Å².